The van der Waals surface area contributed by atoms with Gasteiger partial charge in [0.2, 0.25) is 0 Å². The molecule has 1 saturated heterocycles. The fourth-order valence-electron chi connectivity index (χ4n) is 2.91. The number of rotatable bonds is 6. The van der Waals surface area contributed by atoms with Crippen molar-refractivity contribution < 1.29 is 4.79 Å². The summed E-state index contributed by atoms with van der Waals surface area (Å²) in [5.74, 6) is -0.0916. The van der Waals surface area contributed by atoms with Crippen LogP contribution in [0.4, 0.5) is 5.69 Å². The summed E-state index contributed by atoms with van der Waals surface area (Å²) in [6.07, 6.45) is 6.20. The molecule has 4 heteroatoms. The number of anilines is 1. The molecule has 23 heavy (non-hydrogen) atoms. The molecule has 1 aromatic heterocycles. The van der Waals surface area contributed by atoms with Gasteiger partial charge in [-0.1, -0.05) is 30.3 Å². The fraction of sp³-hybridized carbons (Fsp3) is 0.368. The highest BCUT2D eigenvalue weighted by molar-refractivity contribution is 5.92. The molecule has 2 heterocycles. The average Bonchev–Trinajstić information content (AvgIpc) is 3.14. The van der Waals surface area contributed by atoms with Crippen molar-refractivity contribution in [1.82, 2.24) is 10.3 Å². The number of aryl methyl sites for hydroxylation is 1. The predicted molar refractivity (Wildman–Crippen MR) is 92.8 cm³/mol. The monoisotopic (exact) mass is 309 g/mol. The molecule has 0 atom stereocenters. The maximum Gasteiger partial charge on any atom is 0.269 e. The van der Waals surface area contributed by atoms with Crippen molar-refractivity contribution in [3.05, 3.63) is 59.9 Å². The van der Waals surface area contributed by atoms with Crippen molar-refractivity contribution >= 4 is 11.6 Å². The third-order valence-corrected chi connectivity index (χ3v) is 4.22. The van der Waals surface area contributed by atoms with Crippen LogP contribution >= 0.6 is 0 Å². The van der Waals surface area contributed by atoms with E-state index in [0.717, 1.165) is 31.6 Å². The second kappa shape index (κ2) is 7.77. The predicted octanol–water partition coefficient (Wildman–Crippen LogP) is 3.04. The lowest BCUT2D eigenvalue weighted by Crippen LogP contribution is -2.26. The van der Waals surface area contributed by atoms with Crippen molar-refractivity contribution in [1.29, 1.82) is 0 Å². The van der Waals surface area contributed by atoms with Crippen LogP contribution in [0.25, 0.3) is 0 Å². The van der Waals surface area contributed by atoms with E-state index in [9.17, 15) is 4.79 Å². The summed E-state index contributed by atoms with van der Waals surface area (Å²) in [6, 6.07) is 14.1. The molecular formula is C19H23N3O. The van der Waals surface area contributed by atoms with Gasteiger partial charge in [0, 0.05) is 19.6 Å². The summed E-state index contributed by atoms with van der Waals surface area (Å²) in [7, 11) is 0. The van der Waals surface area contributed by atoms with Crippen molar-refractivity contribution in [2.45, 2.75) is 25.7 Å². The van der Waals surface area contributed by atoms with E-state index in [1.54, 1.807) is 0 Å². The summed E-state index contributed by atoms with van der Waals surface area (Å²) in [6.45, 7) is 2.85. The highest BCUT2D eigenvalue weighted by Gasteiger charge is 2.13. The molecule has 1 N–H and O–H groups in total. The first-order valence-corrected chi connectivity index (χ1v) is 8.36. The summed E-state index contributed by atoms with van der Waals surface area (Å²) in [4.78, 5) is 18.7. The molecule has 1 aromatic carbocycles. The number of hydrogen-bond acceptors (Lipinski definition) is 3. The molecule has 0 radical (unpaired) electrons. The van der Waals surface area contributed by atoms with Crippen LogP contribution in [0.2, 0.25) is 0 Å². The normalized spacial score (nSPS) is 14.0. The largest absolute Gasteiger partial charge is 0.370 e. The Bertz CT molecular complexity index is 619. The molecular weight excluding hydrogens is 286 g/mol. The van der Waals surface area contributed by atoms with Gasteiger partial charge >= 0.3 is 0 Å². The standard InChI is InChI=1S/C19H23N3O/c23-19(20-12-6-9-16-7-2-1-3-8-16)18-11-10-17(15-21-18)22-13-4-5-14-22/h1-3,7-8,10-11,15H,4-6,9,12-14H2,(H,20,23). The Balaban J connectivity index is 1.44. The molecule has 1 fully saturated rings. The minimum Gasteiger partial charge on any atom is -0.370 e. The van der Waals surface area contributed by atoms with E-state index in [1.165, 1.54) is 18.4 Å². The first-order chi connectivity index (χ1) is 11.3. The Labute approximate surface area is 137 Å². The number of amides is 1. The van der Waals surface area contributed by atoms with Crippen LogP contribution in [0, 0.1) is 0 Å². The molecule has 0 unspecified atom stereocenters. The van der Waals surface area contributed by atoms with Gasteiger partial charge in [0.15, 0.2) is 0 Å². The molecule has 2 aromatic rings. The molecule has 0 bridgehead atoms. The van der Waals surface area contributed by atoms with Crippen molar-refractivity contribution in [3.8, 4) is 0 Å². The quantitative estimate of drug-likeness (QED) is 0.834. The van der Waals surface area contributed by atoms with Crippen molar-refractivity contribution in [3.63, 3.8) is 0 Å². The number of nitrogens with one attached hydrogen (secondary N) is 1. The smallest absolute Gasteiger partial charge is 0.269 e. The fourth-order valence-corrected chi connectivity index (χ4v) is 2.91. The third kappa shape index (κ3) is 4.31. The Hall–Kier alpha value is -2.36. The molecule has 4 nitrogen and oxygen atoms in total. The number of hydrogen-bond donors (Lipinski definition) is 1. The van der Waals surface area contributed by atoms with Crippen LogP contribution in [0.15, 0.2) is 48.7 Å². The number of carbonyl (C=O) groups excluding carboxylic acids is 1. The van der Waals surface area contributed by atoms with Gasteiger partial charge < -0.3 is 10.2 Å². The minimum atomic E-state index is -0.0916. The summed E-state index contributed by atoms with van der Waals surface area (Å²) in [5, 5.41) is 2.94. The van der Waals surface area contributed by atoms with Crippen LogP contribution in [0.5, 0.6) is 0 Å². The van der Waals surface area contributed by atoms with Gasteiger partial charge in [-0.25, -0.2) is 4.98 Å². The van der Waals surface area contributed by atoms with Crippen LogP contribution in [-0.4, -0.2) is 30.5 Å². The van der Waals surface area contributed by atoms with Gasteiger partial charge in [-0.2, -0.15) is 0 Å². The Kier molecular flexibility index (Phi) is 5.25. The lowest BCUT2D eigenvalue weighted by molar-refractivity contribution is 0.0948. The molecule has 1 amide bonds. The molecule has 0 spiro atoms. The molecule has 120 valence electrons. The molecule has 0 aliphatic carbocycles. The van der Waals surface area contributed by atoms with E-state index < -0.39 is 0 Å². The third-order valence-electron chi connectivity index (χ3n) is 4.22. The highest BCUT2D eigenvalue weighted by atomic mass is 16.1. The zero-order valence-corrected chi connectivity index (χ0v) is 13.4. The van der Waals surface area contributed by atoms with Gasteiger partial charge in [0.25, 0.3) is 5.91 Å². The van der Waals surface area contributed by atoms with E-state index in [0.29, 0.717) is 12.2 Å². The second-order valence-corrected chi connectivity index (χ2v) is 5.94. The van der Waals surface area contributed by atoms with E-state index >= 15 is 0 Å². The second-order valence-electron chi connectivity index (χ2n) is 5.94. The van der Waals surface area contributed by atoms with E-state index in [1.807, 2.05) is 36.5 Å². The van der Waals surface area contributed by atoms with Crippen molar-refractivity contribution in [2.75, 3.05) is 24.5 Å². The number of benzene rings is 1. The summed E-state index contributed by atoms with van der Waals surface area (Å²) >= 11 is 0. The van der Waals surface area contributed by atoms with E-state index in [4.69, 9.17) is 0 Å². The zero-order chi connectivity index (χ0) is 15.9. The first-order valence-electron chi connectivity index (χ1n) is 8.36. The van der Waals surface area contributed by atoms with Crippen LogP contribution in [0.3, 0.4) is 0 Å². The van der Waals surface area contributed by atoms with Gasteiger partial charge in [-0.05, 0) is 43.4 Å². The number of nitrogens with zero attached hydrogens (tertiary/aromatic N) is 2. The Morgan fingerprint density at radius 2 is 1.87 bits per heavy atom. The summed E-state index contributed by atoms with van der Waals surface area (Å²) < 4.78 is 0. The Morgan fingerprint density at radius 1 is 1.09 bits per heavy atom. The number of aromatic nitrogens is 1. The lowest BCUT2D eigenvalue weighted by atomic mass is 10.1. The van der Waals surface area contributed by atoms with Gasteiger partial charge in [0.05, 0.1) is 11.9 Å². The number of carbonyl (C=O) groups is 1. The summed E-state index contributed by atoms with van der Waals surface area (Å²) in [5.41, 5.74) is 2.91. The van der Waals surface area contributed by atoms with Gasteiger partial charge in [-0.15, -0.1) is 0 Å². The zero-order valence-electron chi connectivity index (χ0n) is 13.4. The van der Waals surface area contributed by atoms with Gasteiger partial charge in [-0.3, -0.25) is 4.79 Å². The average molecular weight is 309 g/mol. The topological polar surface area (TPSA) is 45.2 Å². The lowest BCUT2D eigenvalue weighted by Gasteiger charge is -2.16. The van der Waals surface area contributed by atoms with Crippen molar-refractivity contribution in [2.24, 2.45) is 0 Å². The van der Waals surface area contributed by atoms with E-state index in [-0.39, 0.29) is 5.91 Å². The number of pyridine rings is 1. The maximum absolute atomic E-state index is 12.1. The maximum atomic E-state index is 12.1. The van der Waals surface area contributed by atoms with E-state index in [2.05, 4.69) is 27.3 Å². The molecule has 1 aliphatic rings. The van der Waals surface area contributed by atoms with Crippen LogP contribution < -0.4 is 10.2 Å². The highest BCUT2D eigenvalue weighted by Crippen LogP contribution is 2.18. The minimum absolute atomic E-state index is 0.0916. The van der Waals surface area contributed by atoms with Gasteiger partial charge in [0.1, 0.15) is 5.69 Å². The SMILES string of the molecule is O=C(NCCCc1ccccc1)c1ccc(N2CCCC2)cn1. The molecule has 1 aliphatic heterocycles. The molecule has 0 saturated carbocycles. The van der Waals surface area contributed by atoms with Crippen LogP contribution in [0.1, 0.15) is 35.3 Å². The molecule has 3 rings (SSSR count). The first kappa shape index (κ1) is 15.5. The van der Waals surface area contributed by atoms with Crippen LogP contribution in [-0.2, 0) is 6.42 Å². The Morgan fingerprint density at radius 3 is 2.57 bits per heavy atom.